The molecule has 4 rings (SSSR count). The molecule has 5 nitrogen and oxygen atoms in total. The molecule has 1 fully saturated rings. The van der Waals surface area contributed by atoms with Crippen molar-refractivity contribution in [3.05, 3.63) is 60.2 Å². The molecule has 1 heterocycles. The minimum absolute atomic E-state index is 0.218. The number of aromatic nitrogens is 3. The van der Waals surface area contributed by atoms with Crippen LogP contribution in [0, 0.1) is 11.3 Å². The lowest BCUT2D eigenvalue weighted by Gasteiger charge is -2.26. The number of rotatable bonds is 7. The molecule has 1 aliphatic carbocycles. The average Bonchev–Trinajstić information content (AvgIpc) is 3.23. The standard InChI is InChI=1S/C24H26N4OS/c1-29-22-15-9-8-14-21(22)23-26-27-24(28(23)19-12-6-3-7-13-19)30-20(17-25)16-18-10-4-2-5-11-18/h2,4-5,8-11,14-15,19-20H,3,6-7,12-13,16H2,1H3/t20-/m0/s1. The maximum atomic E-state index is 9.81. The van der Waals surface area contributed by atoms with Crippen molar-refractivity contribution in [3.63, 3.8) is 0 Å². The van der Waals surface area contributed by atoms with Crippen molar-refractivity contribution >= 4 is 11.8 Å². The molecule has 6 heteroatoms. The van der Waals surface area contributed by atoms with Gasteiger partial charge in [-0.05, 0) is 37.0 Å². The fourth-order valence-electron chi connectivity index (χ4n) is 4.11. The number of ether oxygens (including phenoxy) is 1. The van der Waals surface area contributed by atoms with E-state index in [1.807, 2.05) is 42.5 Å². The third-order valence-electron chi connectivity index (χ3n) is 5.61. The summed E-state index contributed by atoms with van der Waals surface area (Å²) in [5.74, 6) is 1.62. The van der Waals surface area contributed by atoms with Crippen LogP contribution in [0.25, 0.3) is 11.4 Å². The Balaban J connectivity index is 1.69. The van der Waals surface area contributed by atoms with E-state index in [4.69, 9.17) is 4.74 Å². The van der Waals surface area contributed by atoms with E-state index in [0.717, 1.165) is 40.7 Å². The van der Waals surface area contributed by atoms with E-state index in [1.54, 1.807) is 7.11 Å². The van der Waals surface area contributed by atoms with Crippen LogP contribution in [0.4, 0.5) is 0 Å². The number of benzene rings is 2. The van der Waals surface area contributed by atoms with Crippen molar-refractivity contribution in [2.45, 2.75) is 55.0 Å². The van der Waals surface area contributed by atoms with E-state index in [9.17, 15) is 5.26 Å². The largest absolute Gasteiger partial charge is 0.496 e. The van der Waals surface area contributed by atoms with Crippen LogP contribution in [-0.4, -0.2) is 27.1 Å². The van der Waals surface area contributed by atoms with Crippen molar-refractivity contribution in [2.24, 2.45) is 0 Å². The molecule has 1 atom stereocenters. The Hall–Kier alpha value is -2.78. The van der Waals surface area contributed by atoms with Crippen molar-refractivity contribution in [1.82, 2.24) is 14.8 Å². The normalized spacial score (nSPS) is 15.5. The van der Waals surface area contributed by atoms with Gasteiger partial charge in [-0.15, -0.1) is 10.2 Å². The topological polar surface area (TPSA) is 63.7 Å². The smallest absolute Gasteiger partial charge is 0.193 e. The number of hydrogen-bond acceptors (Lipinski definition) is 5. The third kappa shape index (κ3) is 4.52. The lowest BCUT2D eigenvalue weighted by molar-refractivity contribution is 0.338. The molecule has 1 aromatic heterocycles. The zero-order chi connectivity index (χ0) is 20.8. The Labute approximate surface area is 182 Å². The van der Waals surface area contributed by atoms with Crippen molar-refractivity contribution < 1.29 is 4.74 Å². The first-order valence-corrected chi connectivity index (χ1v) is 11.4. The summed E-state index contributed by atoms with van der Waals surface area (Å²) in [5.41, 5.74) is 2.10. The molecule has 0 radical (unpaired) electrons. The van der Waals surface area contributed by atoms with Gasteiger partial charge in [-0.1, -0.05) is 73.5 Å². The zero-order valence-electron chi connectivity index (χ0n) is 17.2. The lowest BCUT2D eigenvalue weighted by atomic mass is 9.95. The second-order valence-electron chi connectivity index (χ2n) is 7.59. The molecule has 0 aliphatic heterocycles. The summed E-state index contributed by atoms with van der Waals surface area (Å²) in [5, 5.41) is 19.5. The van der Waals surface area contributed by atoms with Crippen LogP contribution in [0.15, 0.2) is 59.8 Å². The van der Waals surface area contributed by atoms with Gasteiger partial charge in [0, 0.05) is 6.04 Å². The van der Waals surface area contributed by atoms with Gasteiger partial charge in [0.25, 0.3) is 0 Å². The third-order valence-corrected chi connectivity index (χ3v) is 6.65. The molecule has 1 aliphatic rings. The van der Waals surface area contributed by atoms with Crippen LogP contribution in [0.3, 0.4) is 0 Å². The van der Waals surface area contributed by atoms with E-state index in [-0.39, 0.29) is 5.25 Å². The number of methoxy groups -OCH3 is 1. The Morgan fingerprint density at radius 1 is 1.07 bits per heavy atom. The molecule has 1 saturated carbocycles. The van der Waals surface area contributed by atoms with Crippen molar-refractivity contribution in [3.8, 4) is 23.2 Å². The Morgan fingerprint density at radius 3 is 2.53 bits per heavy atom. The molecule has 3 aromatic rings. The minimum atomic E-state index is -0.218. The number of nitriles is 1. The molecule has 30 heavy (non-hydrogen) atoms. The summed E-state index contributed by atoms with van der Waals surface area (Å²) in [7, 11) is 1.68. The summed E-state index contributed by atoms with van der Waals surface area (Å²) in [6.07, 6.45) is 6.62. The van der Waals surface area contributed by atoms with Crippen LogP contribution >= 0.6 is 11.8 Å². The molecule has 0 N–H and O–H groups in total. The fraction of sp³-hybridized carbons (Fsp3) is 0.375. The molecule has 0 amide bonds. The average molecular weight is 419 g/mol. The van der Waals surface area contributed by atoms with Gasteiger partial charge in [-0.25, -0.2) is 0 Å². The van der Waals surface area contributed by atoms with Gasteiger partial charge < -0.3 is 4.74 Å². The number of thioether (sulfide) groups is 1. The summed E-state index contributed by atoms with van der Waals surface area (Å²) in [6, 6.07) is 20.9. The molecular weight excluding hydrogens is 392 g/mol. The van der Waals surface area contributed by atoms with E-state index < -0.39 is 0 Å². The highest BCUT2D eigenvalue weighted by Gasteiger charge is 2.27. The minimum Gasteiger partial charge on any atom is -0.496 e. The molecule has 0 unspecified atom stereocenters. The predicted molar refractivity (Wildman–Crippen MR) is 120 cm³/mol. The molecule has 154 valence electrons. The zero-order valence-corrected chi connectivity index (χ0v) is 18.0. The summed E-state index contributed by atoms with van der Waals surface area (Å²) in [6.45, 7) is 0. The summed E-state index contributed by atoms with van der Waals surface area (Å²) < 4.78 is 7.85. The molecule has 0 saturated heterocycles. The van der Waals surface area contributed by atoms with Gasteiger partial charge in [0.1, 0.15) is 11.0 Å². The highest BCUT2D eigenvalue weighted by Crippen LogP contribution is 2.39. The summed E-state index contributed by atoms with van der Waals surface area (Å²) >= 11 is 1.52. The lowest BCUT2D eigenvalue weighted by Crippen LogP contribution is -2.16. The second kappa shape index (κ2) is 9.82. The second-order valence-corrected chi connectivity index (χ2v) is 8.76. The Kier molecular flexibility index (Phi) is 6.70. The van der Waals surface area contributed by atoms with Gasteiger partial charge in [0.15, 0.2) is 11.0 Å². The first-order valence-electron chi connectivity index (χ1n) is 10.5. The van der Waals surface area contributed by atoms with E-state index in [0.29, 0.717) is 12.5 Å². The van der Waals surface area contributed by atoms with Crippen molar-refractivity contribution in [1.29, 1.82) is 5.26 Å². The van der Waals surface area contributed by atoms with E-state index in [2.05, 4.69) is 33.0 Å². The number of para-hydroxylation sites is 1. The van der Waals surface area contributed by atoms with Crippen LogP contribution < -0.4 is 4.74 Å². The van der Waals surface area contributed by atoms with Crippen molar-refractivity contribution in [2.75, 3.05) is 7.11 Å². The van der Waals surface area contributed by atoms with Crippen LogP contribution in [0.5, 0.6) is 5.75 Å². The predicted octanol–water partition coefficient (Wildman–Crippen LogP) is 5.69. The molecule has 2 aromatic carbocycles. The van der Waals surface area contributed by atoms with Crippen LogP contribution in [0.2, 0.25) is 0 Å². The van der Waals surface area contributed by atoms with Gasteiger partial charge in [-0.3, -0.25) is 4.57 Å². The highest BCUT2D eigenvalue weighted by molar-refractivity contribution is 8.00. The monoisotopic (exact) mass is 418 g/mol. The Morgan fingerprint density at radius 2 is 1.80 bits per heavy atom. The van der Waals surface area contributed by atoms with Crippen LogP contribution in [0.1, 0.15) is 43.7 Å². The van der Waals surface area contributed by atoms with Gasteiger partial charge in [0.2, 0.25) is 0 Å². The van der Waals surface area contributed by atoms with E-state index >= 15 is 0 Å². The maximum Gasteiger partial charge on any atom is 0.193 e. The fourth-order valence-corrected chi connectivity index (χ4v) is 5.13. The summed E-state index contributed by atoms with van der Waals surface area (Å²) in [4.78, 5) is 0. The number of hydrogen-bond donors (Lipinski definition) is 0. The molecule has 0 spiro atoms. The first kappa shape index (κ1) is 20.5. The SMILES string of the molecule is COc1ccccc1-c1nnc(S[C@H](C#N)Cc2ccccc2)n1C1CCCCC1. The number of nitrogens with zero attached hydrogens (tertiary/aromatic N) is 4. The van der Waals surface area contributed by atoms with Gasteiger partial charge in [0.05, 0.1) is 18.7 Å². The molecule has 0 bridgehead atoms. The van der Waals surface area contributed by atoms with Crippen LogP contribution in [-0.2, 0) is 6.42 Å². The molecular formula is C24H26N4OS. The van der Waals surface area contributed by atoms with Gasteiger partial charge in [-0.2, -0.15) is 5.26 Å². The quantitative estimate of drug-likeness (QED) is 0.462. The van der Waals surface area contributed by atoms with E-state index in [1.165, 1.54) is 31.0 Å². The maximum absolute atomic E-state index is 9.81. The Bertz CT molecular complexity index is 1010. The van der Waals surface area contributed by atoms with Gasteiger partial charge >= 0.3 is 0 Å². The highest BCUT2D eigenvalue weighted by atomic mass is 32.2. The first-order chi connectivity index (χ1) is 14.8.